The number of nitro groups is 1. The predicted octanol–water partition coefficient (Wildman–Crippen LogP) is 2.57. The molecule has 1 aromatic carbocycles. The first-order chi connectivity index (χ1) is 12.0. The van der Waals surface area contributed by atoms with Crippen molar-refractivity contribution in [3.63, 3.8) is 0 Å². The SMILES string of the molecule is CCC1Oc2ccc([N+](=O)[O-])nc2N(Cc2ccccc2C#N)C1=O. The molecule has 0 N–H and O–H groups in total. The summed E-state index contributed by atoms with van der Waals surface area (Å²) in [4.78, 5) is 28.4. The second-order valence-corrected chi connectivity index (χ2v) is 5.46. The average molecular weight is 338 g/mol. The van der Waals surface area contributed by atoms with E-state index in [9.17, 15) is 20.2 Å². The third-order valence-corrected chi connectivity index (χ3v) is 3.92. The van der Waals surface area contributed by atoms with Gasteiger partial charge in [0.15, 0.2) is 11.9 Å². The van der Waals surface area contributed by atoms with Crippen molar-refractivity contribution in [3.05, 3.63) is 57.6 Å². The molecule has 0 saturated carbocycles. The van der Waals surface area contributed by atoms with Crippen molar-refractivity contribution in [2.75, 3.05) is 4.90 Å². The number of carbonyl (C=O) groups excluding carboxylic acids is 1. The maximum atomic E-state index is 12.7. The van der Waals surface area contributed by atoms with Crippen molar-refractivity contribution in [3.8, 4) is 11.8 Å². The van der Waals surface area contributed by atoms with Gasteiger partial charge in [-0.05, 0) is 34.0 Å². The number of nitriles is 1. The zero-order valence-corrected chi connectivity index (χ0v) is 13.4. The fourth-order valence-corrected chi connectivity index (χ4v) is 2.64. The van der Waals surface area contributed by atoms with E-state index in [1.807, 2.05) is 6.92 Å². The molecule has 0 aliphatic carbocycles. The molecule has 126 valence electrons. The highest BCUT2D eigenvalue weighted by molar-refractivity contribution is 5.99. The molecule has 1 aromatic heterocycles. The first kappa shape index (κ1) is 16.4. The largest absolute Gasteiger partial charge is 0.474 e. The van der Waals surface area contributed by atoms with Crippen LogP contribution in [0.5, 0.6) is 5.75 Å². The molecule has 0 fully saturated rings. The molecule has 0 saturated heterocycles. The number of hydrogen-bond acceptors (Lipinski definition) is 6. The average Bonchev–Trinajstić information content (AvgIpc) is 2.63. The van der Waals surface area contributed by atoms with Gasteiger partial charge in [-0.25, -0.2) is 0 Å². The van der Waals surface area contributed by atoms with E-state index >= 15 is 0 Å². The molecular formula is C17H14N4O4. The minimum Gasteiger partial charge on any atom is -0.474 e. The molecular weight excluding hydrogens is 324 g/mol. The van der Waals surface area contributed by atoms with Crippen LogP contribution in [-0.4, -0.2) is 21.9 Å². The van der Waals surface area contributed by atoms with Gasteiger partial charge in [0.25, 0.3) is 11.7 Å². The highest BCUT2D eigenvalue weighted by Gasteiger charge is 2.38. The van der Waals surface area contributed by atoms with E-state index in [4.69, 9.17) is 4.74 Å². The van der Waals surface area contributed by atoms with Gasteiger partial charge in [0, 0.05) is 6.07 Å². The van der Waals surface area contributed by atoms with Crippen molar-refractivity contribution >= 4 is 17.5 Å². The second-order valence-electron chi connectivity index (χ2n) is 5.46. The Morgan fingerprint density at radius 3 is 2.80 bits per heavy atom. The number of anilines is 1. The van der Waals surface area contributed by atoms with Crippen LogP contribution in [-0.2, 0) is 11.3 Å². The summed E-state index contributed by atoms with van der Waals surface area (Å²) >= 11 is 0. The third-order valence-electron chi connectivity index (χ3n) is 3.92. The van der Waals surface area contributed by atoms with Crippen molar-refractivity contribution in [2.45, 2.75) is 26.0 Å². The van der Waals surface area contributed by atoms with Crippen LogP contribution in [0.2, 0.25) is 0 Å². The molecule has 25 heavy (non-hydrogen) atoms. The van der Waals surface area contributed by atoms with Gasteiger partial charge in [0.2, 0.25) is 0 Å². The Hall–Kier alpha value is -3.47. The van der Waals surface area contributed by atoms with Gasteiger partial charge in [-0.3, -0.25) is 9.69 Å². The monoisotopic (exact) mass is 338 g/mol. The molecule has 8 nitrogen and oxygen atoms in total. The molecule has 3 rings (SSSR count). The highest BCUT2D eigenvalue weighted by atomic mass is 16.6. The summed E-state index contributed by atoms with van der Waals surface area (Å²) in [6.07, 6.45) is -0.240. The van der Waals surface area contributed by atoms with E-state index in [1.165, 1.54) is 17.0 Å². The Balaban J connectivity index is 2.07. The van der Waals surface area contributed by atoms with Gasteiger partial charge < -0.3 is 14.9 Å². The molecule has 0 radical (unpaired) electrons. The lowest BCUT2D eigenvalue weighted by Gasteiger charge is -2.30. The summed E-state index contributed by atoms with van der Waals surface area (Å²) < 4.78 is 5.61. The van der Waals surface area contributed by atoms with Gasteiger partial charge in [-0.15, -0.1) is 0 Å². The van der Waals surface area contributed by atoms with Crippen LogP contribution in [0.25, 0.3) is 0 Å². The Kier molecular flexibility index (Phi) is 4.31. The van der Waals surface area contributed by atoms with Crippen LogP contribution >= 0.6 is 0 Å². The van der Waals surface area contributed by atoms with E-state index in [1.54, 1.807) is 24.3 Å². The first-order valence-electron chi connectivity index (χ1n) is 7.66. The number of aromatic nitrogens is 1. The number of amides is 1. The predicted molar refractivity (Wildman–Crippen MR) is 87.9 cm³/mol. The first-order valence-corrected chi connectivity index (χ1v) is 7.66. The number of hydrogen-bond donors (Lipinski definition) is 0. The van der Waals surface area contributed by atoms with Gasteiger partial charge in [0.05, 0.1) is 18.2 Å². The number of nitrogens with zero attached hydrogens (tertiary/aromatic N) is 4. The summed E-state index contributed by atoms with van der Waals surface area (Å²) in [5.74, 6) is -0.303. The summed E-state index contributed by atoms with van der Waals surface area (Å²) in [7, 11) is 0. The van der Waals surface area contributed by atoms with Crippen LogP contribution in [0.1, 0.15) is 24.5 Å². The number of ether oxygens (including phenoxy) is 1. The van der Waals surface area contributed by atoms with E-state index in [2.05, 4.69) is 11.1 Å². The lowest BCUT2D eigenvalue weighted by molar-refractivity contribution is -0.389. The summed E-state index contributed by atoms with van der Waals surface area (Å²) in [6, 6.07) is 11.6. The van der Waals surface area contributed by atoms with Crippen molar-refractivity contribution in [1.29, 1.82) is 5.26 Å². The van der Waals surface area contributed by atoms with E-state index in [-0.39, 0.29) is 24.1 Å². The van der Waals surface area contributed by atoms with Crippen LogP contribution in [0.4, 0.5) is 11.6 Å². The standard InChI is InChI=1S/C17H14N4O4/c1-2-13-17(22)20(10-12-6-4-3-5-11(12)9-18)16-14(25-13)7-8-15(19-16)21(23)24/h3-8,13H,2,10H2,1H3. The maximum Gasteiger partial charge on any atom is 0.366 e. The van der Waals surface area contributed by atoms with Crippen molar-refractivity contribution in [1.82, 2.24) is 4.98 Å². The van der Waals surface area contributed by atoms with Crippen LogP contribution in [0, 0.1) is 21.4 Å². The Labute approximate surface area is 143 Å². The maximum absolute atomic E-state index is 12.7. The summed E-state index contributed by atoms with van der Waals surface area (Å²) in [6.45, 7) is 1.90. The lowest BCUT2D eigenvalue weighted by atomic mass is 10.1. The molecule has 8 heteroatoms. The summed E-state index contributed by atoms with van der Waals surface area (Å²) in [5, 5.41) is 20.3. The van der Waals surface area contributed by atoms with Crippen molar-refractivity contribution < 1.29 is 14.5 Å². The number of carbonyl (C=O) groups is 1. The molecule has 0 bridgehead atoms. The fourth-order valence-electron chi connectivity index (χ4n) is 2.64. The van der Waals surface area contributed by atoms with E-state index in [0.717, 1.165) is 0 Å². The van der Waals surface area contributed by atoms with Gasteiger partial charge in [0.1, 0.15) is 0 Å². The quantitative estimate of drug-likeness (QED) is 0.626. The normalized spacial score (nSPS) is 15.9. The Morgan fingerprint density at radius 1 is 1.36 bits per heavy atom. The Bertz CT molecular complexity index is 890. The number of fused-ring (bicyclic) bond motifs is 1. The number of benzene rings is 1. The second kappa shape index (κ2) is 6.57. The van der Waals surface area contributed by atoms with Gasteiger partial charge in [-0.2, -0.15) is 5.26 Å². The molecule has 2 aromatic rings. The Morgan fingerprint density at radius 2 is 2.12 bits per heavy atom. The minimum absolute atomic E-state index is 0.0869. The highest BCUT2D eigenvalue weighted by Crippen LogP contribution is 2.35. The van der Waals surface area contributed by atoms with Crippen LogP contribution in [0.3, 0.4) is 0 Å². The smallest absolute Gasteiger partial charge is 0.366 e. The molecule has 1 aliphatic rings. The van der Waals surface area contributed by atoms with Crippen LogP contribution < -0.4 is 9.64 Å². The zero-order valence-electron chi connectivity index (χ0n) is 13.4. The number of pyridine rings is 1. The van der Waals surface area contributed by atoms with E-state index in [0.29, 0.717) is 23.3 Å². The fraction of sp³-hybridized carbons (Fsp3) is 0.235. The van der Waals surface area contributed by atoms with Gasteiger partial charge >= 0.3 is 5.82 Å². The molecule has 0 spiro atoms. The molecule has 2 heterocycles. The molecule has 1 atom stereocenters. The van der Waals surface area contributed by atoms with Gasteiger partial charge in [-0.1, -0.05) is 25.1 Å². The minimum atomic E-state index is -0.690. The molecule has 1 amide bonds. The zero-order chi connectivity index (χ0) is 18.0. The van der Waals surface area contributed by atoms with Crippen molar-refractivity contribution in [2.24, 2.45) is 0 Å². The molecule has 1 unspecified atom stereocenters. The van der Waals surface area contributed by atoms with E-state index < -0.39 is 11.0 Å². The summed E-state index contributed by atoms with van der Waals surface area (Å²) in [5.41, 5.74) is 1.07. The van der Waals surface area contributed by atoms with Crippen LogP contribution in [0.15, 0.2) is 36.4 Å². The molecule has 1 aliphatic heterocycles. The number of rotatable bonds is 4. The topological polar surface area (TPSA) is 109 Å². The third kappa shape index (κ3) is 2.99. The lowest BCUT2D eigenvalue weighted by Crippen LogP contribution is -2.45.